The zero-order valence-electron chi connectivity index (χ0n) is 8.79. The predicted octanol–water partition coefficient (Wildman–Crippen LogP) is 0.510. The van der Waals surface area contributed by atoms with Gasteiger partial charge in [0.05, 0.1) is 0 Å². The first-order chi connectivity index (χ1) is 7.26. The van der Waals surface area contributed by atoms with Crippen molar-refractivity contribution in [3.63, 3.8) is 0 Å². The molecular weight excluding hydrogens is 194 g/mol. The van der Waals surface area contributed by atoms with E-state index in [1.54, 1.807) is 0 Å². The van der Waals surface area contributed by atoms with Crippen LogP contribution in [0.1, 0.15) is 43.2 Å². The van der Waals surface area contributed by atoms with Crippen molar-refractivity contribution in [2.45, 2.75) is 32.6 Å². The number of aromatic amines is 1. The van der Waals surface area contributed by atoms with E-state index in [9.17, 15) is 4.79 Å². The van der Waals surface area contributed by atoms with E-state index in [2.05, 4.69) is 32.9 Å². The van der Waals surface area contributed by atoms with Crippen LogP contribution in [-0.4, -0.2) is 33.1 Å². The summed E-state index contributed by atoms with van der Waals surface area (Å²) in [5.74, 6) is -0.135. The minimum atomic E-state index is -0.247. The van der Waals surface area contributed by atoms with Crippen molar-refractivity contribution in [3.05, 3.63) is 5.82 Å². The van der Waals surface area contributed by atoms with Crippen LogP contribution in [0.15, 0.2) is 0 Å². The number of carbonyl (C=O) groups is 1. The molecule has 2 rings (SSSR count). The van der Waals surface area contributed by atoms with Gasteiger partial charge in [0.25, 0.3) is 11.7 Å². The first-order valence-electron chi connectivity index (χ1n) is 5.27. The molecule has 0 aliphatic heterocycles. The summed E-state index contributed by atoms with van der Waals surface area (Å²) in [5.41, 5.74) is 0.319. The lowest BCUT2D eigenvalue weighted by atomic mass is 9.67. The first-order valence-corrected chi connectivity index (χ1v) is 5.27. The van der Waals surface area contributed by atoms with Crippen molar-refractivity contribution in [1.82, 2.24) is 25.9 Å². The van der Waals surface area contributed by atoms with Gasteiger partial charge in [-0.05, 0) is 29.9 Å². The van der Waals surface area contributed by atoms with Crippen molar-refractivity contribution < 1.29 is 4.79 Å². The molecule has 0 aromatic carbocycles. The van der Waals surface area contributed by atoms with Crippen molar-refractivity contribution in [3.8, 4) is 0 Å². The minimum absolute atomic E-state index is 0.112. The Labute approximate surface area is 87.8 Å². The number of aromatic nitrogens is 4. The molecule has 0 atom stereocenters. The molecule has 0 radical (unpaired) electrons. The third kappa shape index (κ3) is 1.98. The number of tetrazole rings is 1. The Morgan fingerprint density at radius 2 is 2.40 bits per heavy atom. The smallest absolute Gasteiger partial charge is 0.292 e. The number of hydrogen-bond acceptors (Lipinski definition) is 4. The Morgan fingerprint density at radius 1 is 1.60 bits per heavy atom. The number of nitrogens with zero attached hydrogens (tertiary/aromatic N) is 3. The van der Waals surface area contributed by atoms with Crippen LogP contribution in [0.25, 0.3) is 0 Å². The van der Waals surface area contributed by atoms with Crippen LogP contribution in [-0.2, 0) is 0 Å². The van der Waals surface area contributed by atoms with E-state index in [1.165, 1.54) is 19.3 Å². The lowest BCUT2D eigenvalue weighted by molar-refractivity contribution is 0.0840. The number of nitrogens with one attached hydrogen (secondary N) is 2. The monoisotopic (exact) mass is 209 g/mol. The normalized spacial score (nSPS) is 18.2. The third-order valence-corrected chi connectivity index (χ3v) is 3.34. The fraction of sp³-hybridized carbons (Fsp3) is 0.778. The van der Waals surface area contributed by atoms with Gasteiger partial charge in [-0.15, -0.1) is 10.2 Å². The lowest BCUT2D eigenvalue weighted by Gasteiger charge is -2.41. The van der Waals surface area contributed by atoms with E-state index in [4.69, 9.17) is 0 Å². The summed E-state index contributed by atoms with van der Waals surface area (Å²) < 4.78 is 0. The maximum Gasteiger partial charge on any atom is 0.292 e. The Kier molecular flexibility index (Phi) is 2.66. The van der Waals surface area contributed by atoms with Crippen LogP contribution < -0.4 is 5.32 Å². The summed E-state index contributed by atoms with van der Waals surface area (Å²) in [5, 5.41) is 15.7. The summed E-state index contributed by atoms with van der Waals surface area (Å²) in [6.07, 6.45) is 4.79. The maximum atomic E-state index is 11.5. The molecule has 1 aliphatic carbocycles. The van der Waals surface area contributed by atoms with Crippen LogP contribution in [0.4, 0.5) is 0 Å². The second-order valence-corrected chi connectivity index (χ2v) is 4.13. The summed E-state index contributed by atoms with van der Waals surface area (Å²) in [6, 6.07) is 0. The van der Waals surface area contributed by atoms with Gasteiger partial charge in [0.1, 0.15) is 0 Å². The standard InChI is InChI=1S/C9H15N5O/c1-2-9(4-3-5-9)6-10-8(15)7-11-13-14-12-7/h2-6H2,1H3,(H,10,15)(H,11,12,13,14). The first kappa shape index (κ1) is 10.1. The van der Waals surface area contributed by atoms with E-state index in [0.29, 0.717) is 5.41 Å². The van der Waals surface area contributed by atoms with Gasteiger partial charge in [-0.25, -0.2) is 0 Å². The molecule has 1 aromatic rings. The van der Waals surface area contributed by atoms with Crippen molar-refractivity contribution in [2.75, 3.05) is 6.54 Å². The number of amides is 1. The Bertz CT molecular complexity index is 325. The van der Waals surface area contributed by atoms with Gasteiger partial charge in [-0.2, -0.15) is 5.21 Å². The molecule has 0 bridgehead atoms. The quantitative estimate of drug-likeness (QED) is 0.756. The minimum Gasteiger partial charge on any atom is -0.349 e. The molecule has 1 aliphatic rings. The van der Waals surface area contributed by atoms with Crippen LogP contribution >= 0.6 is 0 Å². The van der Waals surface area contributed by atoms with E-state index >= 15 is 0 Å². The molecule has 6 nitrogen and oxygen atoms in total. The largest absolute Gasteiger partial charge is 0.349 e. The lowest BCUT2D eigenvalue weighted by Crippen LogP contribution is -2.41. The Balaban J connectivity index is 1.85. The van der Waals surface area contributed by atoms with Gasteiger partial charge in [-0.3, -0.25) is 4.79 Å². The topological polar surface area (TPSA) is 83.6 Å². The van der Waals surface area contributed by atoms with Gasteiger partial charge < -0.3 is 5.32 Å². The molecule has 0 spiro atoms. The van der Waals surface area contributed by atoms with Crippen LogP contribution in [0, 0.1) is 5.41 Å². The zero-order valence-corrected chi connectivity index (χ0v) is 8.79. The second-order valence-electron chi connectivity index (χ2n) is 4.13. The molecule has 2 N–H and O–H groups in total. The van der Waals surface area contributed by atoms with Crippen molar-refractivity contribution in [1.29, 1.82) is 0 Å². The molecule has 1 aromatic heterocycles. The average Bonchev–Trinajstić information content (AvgIpc) is 2.69. The van der Waals surface area contributed by atoms with Crippen molar-refractivity contribution in [2.24, 2.45) is 5.41 Å². The molecule has 1 fully saturated rings. The molecule has 0 saturated heterocycles. The fourth-order valence-electron chi connectivity index (χ4n) is 1.94. The number of carbonyl (C=O) groups excluding carboxylic acids is 1. The van der Waals surface area contributed by atoms with Gasteiger partial charge in [-0.1, -0.05) is 13.3 Å². The SMILES string of the molecule is CCC1(CNC(=O)c2nn[nH]n2)CCC1. The van der Waals surface area contributed by atoms with Gasteiger partial charge >= 0.3 is 0 Å². The van der Waals surface area contributed by atoms with Gasteiger partial charge in [0, 0.05) is 6.54 Å². The molecule has 1 heterocycles. The summed E-state index contributed by atoms with van der Waals surface area (Å²) in [4.78, 5) is 11.5. The molecular formula is C9H15N5O. The highest BCUT2D eigenvalue weighted by atomic mass is 16.2. The molecule has 0 unspecified atom stereocenters. The summed E-state index contributed by atoms with van der Waals surface area (Å²) >= 11 is 0. The van der Waals surface area contributed by atoms with E-state index in [-0.39, 0.29) is 11.7 Å². The van der Waals surface area contributed by atoms with Gasteiger partial charge in [0.2, 0.25) is 0 Å². The zero-order chi connectivity index (χ0) is 10.7. The highest BCUT2D eigenvalue weighted by molar-refractivity contribution is 5.90. The number of rotatable bonds is 4. The molecule has 6 heteroatoms. The average molecular weight is 209 g/mol. The summed E-state index contributed by atoms with van der Waals surface area (Å²) in [6.45, 7) is 2.89. The third-order valence-electron chi connectivity index (χ3n) is 3.34. The van der Waals surface area contributed by atoms with Crippen LogP contribution in [0.2, 0.25) is 0 Å². The molecule has 82 valence electrons. The van der Waals surface area contributed by atoms with E-state index in [0.717, 1.165) is 13.0 Å². The van der Waals surface area contributed by atoms with Crippen LogP contribution in [0.3, 0.4) is 0 Å². The van der Waals surface area contributed by atoms with Crippen molar-refractivity contribution >= 4 is 5.91 Å². The van der Waals surface area contributed by atoms with E-state index in [1.807, 2.05) is 0 Å². The number of H-pyrrole nitrogens is 1. The van der Waals surface area contributed by atoms with Gasteiger partial charge in [0.15, 0.2) is 0 Å². The number of hydrogen-bond donors (Lipinski definition) is 2. The molecule has 1 saturated carbocycles. The maximum absolute atomic E-state index is 11.5. The predicted molar refractivity (Wildman–Crippen MR) is 53.1 cm³/mol. The highest BCUT2D eigenvalue weighted by Crippen LogP contribution is 2.42. The summed E-state index contributed by atoms with van der Waals surface area (Å²) in [7, 11) is 0. The second kappa shape index (κ2) is 3.96. The highest BCUT2D eigenvalue weighted by Gasteiger charge is 2.35. The Hall–Kier alpha value is -1.46. The van der Waals surface area contributed by atoms with E-state index < -0.39 is 0 Å². The molecule has 1 amide bonds. The van der Waals surface area contributed by atoms with Crippen LogP contribution in [0.5, 0.6) is 0 Å². The molecule has 15 heavy (non-hydrogen) atoms. The fourth-order valence-corrected chi connectivity index (χ4v) is 1.94. The Morgan fingerprint density at radius 3 is 2.87 bits per heavy atom.